The number of aliphatic hydroxyl groups is 2. The highest BCUT2D eigenvalue weighted by atomic mass is 16.4. The number of carbonyl (C=O) groups excluding carboxylic acids is 1. The first-order chi connectivity index (χ1) is 4.57. The number of hydrogen-bond acceptors (Lipinski definition) is 4. The Kier molecular flexibility index (Phi) is 3.60. The number of carbonyl (C=O) groups is 2. The third kappa shape index (κ3) is 3.16. The number of hydrogen-bond donors (Lipinski definition) is 3. The van der Waals surface area contributed by atoms with Crippen LogP contribution in [0.5, 0.6) is 0 Å². The Morgan fingerprint density at radius 1 is 1.40 bits per heavy atom. The lowest BCUT2D eigenvalue weighted by atomic mass is 10.2. The van der Waals surface area contributed by atoms with E-state index in [1.54, 1.807) is 0 Å². The van der Waals surface area contributed by atoms with Crippen LogP contribution >= 0.6 is 0 Å². The molecule has 0 aromatic rings. The highest BCUT2D eigenvalue weighted by Gasteiger charge is 2.15. The van der Waals surface area contributed by atoms with Crippen molar-refractivity contribution in [2.45, 2.75) is 12.5 Å². The van der Waals surface area contributed by atoms with Crippen molar-refractivity contribution in [1.29, 1.82) is 0 Å². The van der Waals surface area contributed by atoms with Gasteiger partial charge in [0.1, 0.15) is 0 Å². The summed E-state index contributed by atoms with van der Waals surface area (Å²) in [6, 6.07) is 0. The molecule has 0 heterocycles. The van der Waals surface area contributed by atoms with Crippen LogP contribution in [0.15, 0.2) is 0 Å². The quantitative estimate of drug-likeness (QED) is 0.416. The summed E-state index contributed by atoms with van der Waals surface area (Å²) in [5, 5.41) is 24.7. The first kappa shape index (κ1) is 9.06. The van der Waals surface area contributed by atoms with E-state index in [1.807, 2.05) is 0 Å². The average molecular weight is 148 g/mol. The fourth-order valence-corrected chi connectivity index (χ4v) is 0.366. The van der Waals surface area contributed by atoms with E-state index in [1.165, 1.54) is 0 Å². The molecule has 0 amide bonds. The van der Waals surface area contributed by atoms with E-state index >= 15 is 0 Å². The Morgan fingerprint density at radius 2 is 1.90 bits per heavy atom. The Bertz CT molecular complexity index is 141. The van der Waals surface area contributed by atoms with Gasteiger partial charge in [-0.15, -0.1) is 0 Å². The summed E-state index contributed by atoms with van der Waals surface area (Å²) in [6.07, 6.45) is -1.80. The predicted molar refractivity (Wildman–Crippen MR) is 30.4 cm³/mol. The summed E-state index contributed by atoms with van der Waals surface area (Å²) in [7, 11) is 0. The van der Waals surface area contributed by atoms with Gasteiger partial charge in [0.15, 0.2) is 0 Å². The lowest BCUT2D eigenvalue weighted by Gasteiger charge is -2.01. The number of ketones is 1. The molecule has 5 heteroatoms. The van der Waals surface area contributed by atoms with E-state index in [9.17, 15) is 9.59 Å². The summed E-state index contributed by atoms with van der Waals surface area (Å²) >= 11 is 0. The number of rotatable bonds is 4. The zero-order valence-electron chi connectivity index (χ0n) is 5.15. The smallest absolute Gasteiger partial charge is 0.372 e. The van der Waals surface area contributed by atoms with E-state index in [0.717, 1.165) is 0 Å². The molecule has 3 N–H and O–H groups in total. The van der Waals surface area contributed by atoms with Crippen LogP contribution in [0.2, 0.25) is 0 Å². The zero-order chi connectivity index (χ0) is 8.15. The monoisotopic (exact) mass is 148 g/mol. The van der Waals surface area contributed by atoms with Gasteiger partial charge in [-0.1, -0.05) is 0 Å². The van der Waals surface area contributed by atoms with Gasteiger partial charge in [-0.2, -0.15) is 0 Å². The minimum absolute atomic E-state index is 0.536. The molecule has 0 aromatic heterocycles. The lowest BCUT2D eigenvalue weighted by Crippen LogP contribution is -2.22. The zero-order valence-corrected chi connectivity index (χ0v) is 5.15. The van der Waals surface area contributed by atoms with Crippen molar-refractivity contribution in [2.24, 2.45) is 0 Å². The number of aliphatic hydroxyl groups excluding tert-OH is 2. The van der Waals surface area contributed by atoms with Gasteiger partial charge in [-0.05, 0) is 0 Å². The van der Waals surface area contributed by atoms with Crippen molar-refractivity contribution in [3.8, 4) is 0 Å². The molecule has 0 aliphatic heterocycles. The molecular formula is C5H8O5. The molecule has 0 aliphatic rings. The molecule has 1 atom stereocenters. The van der Waals surface area contributed by atoms with Crippen LogP contribution in [0.4, 0.5) is 0 Å². The van der Waals surface area contributed by atoms with Gasteiger partial charge in [0.05, 0.1) is 12.7 Å². The highest BCUT2D eigenvalue weighted by molar-refractivity contribution is 6.32. The van der Waals surface area contributed by atoms with Crippen LogP contribution < -0.4 is 0 Å². The molecular weight excluding hydrogens is 140 g/mol. The van der Waals surface area contributed by atoms with Gasteiger partial charge in [-0.25, -0.2) is 4.79 Å². The molecule has 0 rings (SSSR count). The standard InChI is InChI=1S/C5H8O5/c6-2-3(7)1-4(8)5(9)10/h3,6-7H,1-2H2,(H,9,10)/t3-/m0/s1. The number of aliphatic carboxylic acids is 1. The summed E-state index contributed by atoms with van der Waals surface area (Å²) in [5.41, 5.74) is 0. The Hall–Kier alpha value is -0.940. The van der Waals surface area contributed by atoms with E-state index in [0.29, 0.717) is 0 Å². The molecule has 0 fully saturated rings. The van der Waals surface area contributed by atoms with Crippen LogP contribution in [0.25, 0.3) is 0 Å². The van der Waals surface area contributed by atoms with Crippen molar-refractivity contribution in [1.82, 2.24) is 0 Å². The Morgan fingerprint density at radius 3 is 2.20 bits per heavy atom. The van der Waals surface area contributed by atoms with Crippen molar-refractivity contribution >= 4 is 11.8 Å². The van der Waals surface area contributed by atoms with Gasteiger partial charge in [-0.3, -0.25) is 4.79 Å². The number of carboxylic acid groups (broad SMARTS) is 1. The van der Waals surface area contributed by atoms with E-state index < -0.39 is 30.9 Å². The maximum absolute atomic E-state index is 10.2. The Labute approximate surface area is 56.9 Å². The van der Waals surface area contributed by atoms with Crippen molar-refractivity contribution in [2.75, 3.05) is 6.61 Å². The third-order valence-electron chi connectivity index (χ3n) is 0.870. The van der Waals surface area contributed by atoms with Gasteiger partial charge in [0.25, 0.3) is 0 Å². The first-order valence-electron chi connectivity index (χ1n) is 2.63. The predicted octanol–water partition coefficient (Wildman–Crippen LogP) is -1.62. The largest absolute Gasteiger partial charge is 0.475 e. The van der Waals surface area contributed by atoms with E-state index in [2.05, 4.69) is 0 Å². The molecule has 0 aromatic carbocycles. The van der Waals surface area contributed by atoms with E-state index in [-0.39, 0.29) is 0 Å². The van der Waals surface area contributed by atoms with Gasteiger partial charge >= 0.3 is 5.97 Å². The second kappa shape index (κ2) is 3.97. The molecule has 0 bridgehead atoms. The minimum Gasteiger partial charge on any atom is -0.475 e. The van der Waals surface area contributed by atoms with Crippen LogP contribution in [-0.4, -0.2) is 39.8 Å². The van der Waals surface area contributed by atoms with E-state index in [4.69, 9.17) is 15.3 Å². The normalized spacial score (nSPS) is 12.6. The summed E-state index contributed by atoms with van der Waals surface area (Å²) in [4.78, 5) is 20.0. The maximum atomic E-state index is 10.2. The third-order valence-corrected chi connectivity index (χ3v) is 0.870. The maximum Gasteiger partial charge on any atom is 0.372 e. The fraction of sp³-hybridized carbons (Fsp3) is 0.600. The fourth-order valence-electron chi connectivity index (χ4n) is 0.366. The SMILES string of the molecule is O=C(O)C(=O)C[C@H](O)CO. The molecule has 0 saturated heterocycles. The van der Waals surface area contributed by atoms with Crippen LogP contribution in [0, 0.1) is 0 Å². The topological polar surface area (TPSA) is 94.8 Å². The summed E-state index contributed by atoms with van der Waals surface area (Å²) < 4.78 is 0. The summed E-state index contributed by atoms with van der Waals surface area (Å²) in [5.74, 6) is -2.69. The minimum atomic E-state index is -1.59. The molecule has 58 valence electrons. The highest BCUT2D eigenvalue weighted by Crippen LogP contribution is 1.90. The van der Waals surface area contributed by atoms with Crippen molar-refractivity contribution < 1.29 is 24.9 Å². The molecule has 5 nitrogen and oxygen atoms in total. The second-order valence-corrected chi connectivity index (χ2v) is 1.77. The lowest BCUT2D eigenvalue weighted by molar-refractivity contribution is -0.150. The molecule has 0 aliphatic carbocycles. The average Bonchev–Trinajstić information content (AvgIpc) is 1.87. The molecule has 0 radical (unpaired) electrons. The van der Waals surface area contributed by atoms with Gasteiger partial charge in [0, 0.05) is 6.42 Å². The molecule has 10 heavy (non-hydrogen) atoms. The Balaban J connectivity index is 3.68. The van der Waals surface area contributed by atoms with Crippen molar-refractivity contribution in [3.63, 3.8) is 0 Å². The molecule has 0 spiro atoms. The van der Waals surface area contributed by atoms with Crippen LogP contribution in [0.3, 0.4) is 0 Å². The van der Waals surface area contributed by atoms with Crippen LogP contribution in [-0.2, 0) is 9.59 Å². The van der Waals surface area contributed by atoms with Crippen LogP contribution in [0.1, 0.15) is 6.42 Å². The summed E-state index contributed by atoms with van der Waals surface area (Å²) in [6.45, 7) is -0.598. The second-order valence-electron chi connectivity index (χ2n) is 1.77. The molecule has 0 unspecified atom stereocenters. The molecule has 0 saturated carbocycles. The number of Topliss-reactive ketones (excluding diaryl/α,β-unsaturated/α-hetero) is 1. The first-order valence-corrected chi connectivity index (χ1v) is 2.63. The number of carboxylic acids is 1. The van der Waals surface area contributed by atoms with Gasteiger partial charge in [0.2, 0.25) is 5.78 Å². The van der Waals surface area contributed by atoms with Gasteiger partial charge < -0.3 is 15.3 Å². The van der Waals surface area contributed by atoms with Crippen molar-refractivity contribution in [3.05, 3.63) is 0 Å².